The van der Waals surface area contributed by atoms with Crippen LogP contribution in [0.2, 0.25) is 0 Å². The van der Waals surface area contributed by atoms with Gasteiger partial charge in [0.25, 0.3) is 0 Å². The molecule has 0 aromatic rings. The number of thioether (sulfide) groups is 1. The highest BCUT2D eigenvalue weighted by atomic mass is 32.2. The molecule has 0 radical (unpaired) electrons. The van der Waals surface area contributed by atoms with Crippen molar-refractivity contribution in [2.24, 2.45) is 10.7 Å². The third-order valence-corrected chi connectivity index (χ3v) is 3.54. The highest BCUT2D eigenvalue weighted by molar-refractivity contribution is 8.00. The van der Waals surface area contributed by atoms with Gasteiger partial charge in [0.15, 0.2) is 5.96 Å². The first kappa shape index (κ1) is 10.1. The summed E-state index contributed by atoms with van der Waals surface area (Å²) in [6.45, 7) is 2.93. The van der Waals surface area contributed by atoms with Gasteiger partial charge in [0.2, 0.25) is 0 Å². The quantitative estimate of drug-likeness (QED) is 0.458. The van der Waals surface area contributed by atoms with E-state index in [1.54, 1.807) is 0 Å². The van der Waals surface area contributed by atoms with Crippen LogP contribution in [0.25, 0.3) is 0 Å². The summed E-state index contributed by atoms with van der Waals surface area (Å²) in [4.78, 5) is 4.12. The van der Waals surface area contributed by atoms with Crippen molar-refractivity contribution in [1.29, 1.82) is 0 Å². The fraction of sp³-hybridized carbons (Fsp3) is 0.857. The first-order valence-electron chi connectivity index (χ1n) is 3.93. The minimum Gasteiger partial charge on any atom is -0.370 e. The molecule has 0 amide bonds. The van der Waals surface area contributed by atoms with Crippen molar-refractivity contribution < 1.29 is 0 Å². The molecule has 1 unspecified atom stereocenters. The molecule has 0 fully saturated rings. The minimum absolute atomic E-state index is 0.0672. The van der Waals surface area contributed by atoms with E-state index in [0.29, 0.717) is 5.96 Å². The Balaban J connectivity index is 2.23. The molecule has 0 saturated heterocycles. The Labute approximate surface area is 83.0 Å². The Morgan fingerprint density at radius 2 is 2.58 bits per heavy atom. The number of nitrogens with two attached hydrogens (primary N) is 1. The van der Waals surface area contributed by atoms with Gasteiger partial charge in [-0.25, -0.2) is 0 Å². The van der Waals surface area contributed by atoms with Gasteiger partial charge in [0.05, 0.1) is 12.1 Å². The molecule has 0 bridgehead atoms. The van der Waals surface area contributed by atoms with Crippen LogP contribution >= 0.6 is 24.4 Å². The lowest BCUT2D eigenvalue weighted by Crippen LogP contribution is -2.47. The molecule has 1 rings (SSSR count). The van der Waals surface area contributed by atoms with Crippen LogP contribution < -0.4 is 11.1 Å². The average Bonchev–Trinajstić information content (AvgIpc) is 2.32. The zero-order valence-corrected chi connectivity index (χ0v) is 8.92. The highest BCUT2D eigenvalue weighted by Crippen LogP contribution is 2.16. The maximum Gasteiger partial charge on any atom is 0.189 e. The normalized spacial score (nSPS) is 28.3. The third kappa shape index (κ3) is 2.79. The molecule has 3 nitrogen and oxygen atoms in total. The number of guanidine groups is 1. The summed E-state index contributed by atoms with van der Waals surface area (Å²) in [5.74, 6) is 3.62. The molecule has 0 spiro atoms. The molecular weight excluding hydrogens is 190 g/mol. The van der Waals surface area contributed by atoms with Gasteiger partial charge in [0.1, 0.15) is 0 Å². The zero-order chi connectivity index (χ0) is 9.03. The number of nitrogens with zero attached hydrogens (tertiary/aromatic N) is 1. The van der Waals surface area contributed by atoms with Crippen molar-refractivity contribution in [3.8, 4) is 0 Å². The lowest BCUT2D eigenvalue weighted by atomic mass is 10.1. The first-order valence-corrected chi connectivity index (χ1v) is 5.72. The number of nitrogens with one attached hydrogen (secondary N) is 1. The maximum atomic E-state index is 5.53. The molecule has 12 heavy (non-hydrogen) atoms. The van der Waals surface area contributed by atoms with E-state index in [0.717, 1.165) is 23.8 Å². The van der Waals surface area contributed by atoms with Crippen molar-refractivity contribution in [3.63, 3.8) is 0 Å². The van der Waals surface area contributed by atoms with E-state index < -0.39 is 0 Å². The maximum absolute atomic E-state index is 5.53. The SMILES string of the molecule is CC1(CSCCS)CN=C(N)N1. The molecule has 0 aromatic heterocycles. The fourth-order valence-corrected chi connectivity index (χ4v) is 2.37. The van der Waals surface area contributed by atoms with Crippen molar-refractivity contribution >= 4 is 30.4 Å². The number of rotatable bonds is 4. The predicted octanol–water partition coefficient (Wildman–Crippen LogP) is 0.326. The van der Waals surface area contributed by atoms with Crippen molar-refractivity contribution in [1.82, 2.24) is 5.32 Å². The summed E-state index contributed by atoms with van der Waals surface area (Å²) in [5.41, 5.74) is 5.60. The molecule has 3 N–H and O–H groups in total. The van der Waals surface area contributed by atoms with Crippen molar-refractivity contribution in [2.75, 3.05) is 23.8 Å². The topological polar surface area (TPSA) is 50.4 Å². The molecule has 5 heteroatoms. The van der Waals surface area contributed by atoms with Crippen LogP contribution in [0.3, 0.4) is 0 Å². The smallest absolute Gasteiger partial charge is 0.189 e. The molecule has 0 saturated carbocycles. The van der Waals surface area contributed by atoms with E-state index in [-0.39, 0.29) is 5.54 Å². The number of thiol groups is 1. The van der Waals surface area contributed by atoms with Crippen LogP contribution in [0.5, 0.6) is 0 Å². The van der Waals surface area contributed by atoms with Gasteiger partial charge in [-0.15, -0.1) is 0 Å². The molecule has 70 valence electrons. The first-order chi connectivity index (χ1) is 5.66. The Hall–Kier alpha value is -0.0300. The Morgan fingerprint density at radius 3 is 3.08 bits per heavy atom. The lowest BCUT2D eigenvalue weighted by Gasteiger charge is -2.23. The summed E-state index contributed by atoms with van der Waals surface area (Å²) in [6, 6.07) is 0. The predicted molar refractivity (Wildman–Crippen MR) is 59.2 cm³/mol. The van der Waals surface area contributed by atoms with Gasteiger partial charge in [-0.3, -0.25) is 4.99 Å². The number of aliphatic imine (C=N–C) groups is 1. The molecule has 1 aliphatic heterocycles. The van der Waals surface area contributed by atoms with Gasteiger partial charge in [-0.1, -0.05) is 0 Å². The molecule has 1 aliphatic rings. The van der Waals surface area contributed by atoms with Crippen LogP contribution in [0, 0.1) is 0 Å². The zero-order valence-electron chi connectivity index (χ0n) is 7.21. The van der Waals surface area contributed by atoms with Gasteiger partial charge in [0, 0.05) is 11.5 Å². The Morgan fingerprint density at radius 1 is 1.83 bits per heavy atom. The Bertz CT molecular complexity index is 183. The second-order valence-corrected chi connectivity index (χ2v) is 4.72. The van der Waals surface area contributed by atoms with Crippen molar-refractivity contribution in [3.05, 3.63) is 0 Å². The van der Waals surface area contributed by atoms with Crippen LogP contribution in [0.4, 0.5) is 0 Å². The third-order valence-electron chi connectivity index (χ3n) is 1.68. The van der Waals surface area contributed by atoms with Gasteiger partial charge in [-0.05, 0) is 12.7 Å². The second-order valence-electron chi connectivity index (χ2n) is 3.16. The molecule has 0 aromatic carbocycles. The fourth-order valence-electron chi connectivity index (χ4n) is 1.09. The molecule has 1 atom stereocenters. The number of hydrogen-bond acceptors (Lipinski definition) is 5. The standard InChI is InChI=1S/C7H15N3S2/c1-7(5-12-3-2-11)4-9-6(8)10-7/h11H,2-5H2,1H3,(H3,8,9,10). The summed E-state index contributed by atoms with van der Waals surface area (Å²) in [7, 11) is 0. The van der Waals surface area contributed by atoms with E-state index in [4.69, 9.17) is 5.73 Å². The average molecular weight is 205 g/mol. The van der Waals surface area contributed by atoms with E-state index in [1.807, 2.05) is 11.8 Å². The van der Waals surface area contributed by atoms with Crippen LogP contribution in [-0.4, -0.2) is 35.3 Å². The van der Waals surface area contributed by atoms with Crippen LogP contribution in [0.15, 0.2) is 4.99 Å². The summed E-state index contributed by atoms with van der Waals surface area (Å²) >= 11 is 6.03. The van der Waals surface area contributed by atoms with Gasteiger partial charge in [-0.2, -0.15) is 24.4 Å². The van der Waals surface area contributed by atoms with E-state index in [2.05, 4.69) is 29.9 Å². The van der Waals surface area contributed by atoms with E-state index in [9.17, 15) is 0 Å². The summed E-state index contributed by atoms with van der Waals surface area (Å²) in [5, 5.41) is 3.17. The molecule has 0 aliphatic carbocycles. The largest absolute Gasteiger partial charge is 0.370 e. The number of hydrogen-bond donors (Lipinski definition) is 3. The van der Waals surface area contributed by atoms with Crippen LogP contribution in [0.1, 0.15) is 6.92 Å². The van der Waals surface area contributed by atoms with Gasteiger partial charge >= 0.3 is 0 Å². The summed E-state index contributed by atoms with van der Waals surface area (Å²) < 4.78 is 0. The highest BCUT2D eigenvalue weighted by Gasteiger charge is 2.28. The summed E-state index contributed by atoms with van der Waals surface area (Å²) in [6.07, 6.45) is 0. The van der Waals surface area contributed by atoms with Crippen LogP contribution in [-0.2, 0) is 0 Å². The molecular formula is C7H15N3S2. The van der Waals surface area contributed by atoms with Gasteiger partial charge < -0.3 is 11.1 Å². The second kappa shape index (κ2) is 4.28. The minimum atomic E-state index is 0.0672. The van der Waals surface area contributed by atoms with Crippen molar-refractivity contribution in [2.45, 2.75) is 12.5 Å². The van der Waals surface area contributed by atoms with E-state index >= 15 is 0 Å². The van der Waals surface area contributed by atoms with E-state index in [1.165, 1.54) is 0 Å². The molecule has 1 heterocycles. The lowest BCUT2D eigenvalue weighted by molar-refractivity contribution is 0.515. The Kier molecular flexibility index (Phi) is 3.58. The monoisotopic (exact) mass is 205 g/mol.